The van der Waals surface area contributed by atoms with Crippen molar-refractivity contribution >= 4 is 17.6 Å². The molecule has 0 aromatic heterocycles. The summed E-state index contributed by atoms with van der Waals surface area (Å²) in [5.74, 6) is 1.01. The van der Waals surface area contributed by atoms with Gasteiger partial charge in [-0.25, -0.2) is 4.79 Å². The predicted octanol–water partition coefficient (Wildman–Crippen LogP) is 6.20. The zero-order chi connectivity index (χ0) is 24.9. The van der Waals surface area contributed by atoms with Gasteiger partial charge in [-0.1, -0.05) is 43.6 Å². The number of ether oxygens (including phenoxy) is 3. The minimum Gasteiger partial charge on any atom is -0.494 e. The van der Waals surface area contributed by atoms with Gasteiger partial charge in [0.15, 0.2) is 0 Å². The van der Waals surface area contributed by atoms with Gasteiger partial charge in [0, 0.05) is 16.7 Å². The Kier molecular flexibility index (Phi) is 7.28. The minimum atomic E-state index is -0.526. The number of hydrogen-bond acceptors (Lipinski definition) is 6. The highest BCUT2D eigenvalue weighted by atomic mass is 35.5. The average molecular weight is 489 g/mol. The Morgan fingerprint density at radius 3 is 2.60 bits per heavy atom. The molecule has 0 bridgehead atoms. The second-order valence-electron chi connectivity index (χ2n) is 8.62. The average Bonchev–Trinajstić information content (AvgIpc) is 2.83. The van der Waals surface area contributed by atoms with Crippen molar-refractivity contribution in [2.24, 2.45) is 11.7 Å². The van der Waals surface area contributed by atoms with E-state index in [2.05, 4.69) is 19.9 Å². The van der Waals surface area contributed by atoms with Crippen LogP contribution in [0.2, 0.25) is 5.02 Å². The standard InChI is InChI=1S/C28H25ClN2O4/c1-17(2)12-13-33-21-5-3-4-19(14-21)26-23-11-10-22(15-25(23)35-27(31)24(26)16-30)34-28(32)18-6-8-20(29)9-7-18/h3-11,14-15,17,26H,12-13,31H2,1-2H3. The van der Waals surface area contributed by atoms with Crippen molar-refractivity contribution in [1.82, 2.24) is 0 Å². The van der Waals surface area contributed by atoms with Crippen molar-refractivity contribution in [3.05, 3.63) is 99.9 Å². The fourth-order valence-corrected chi connectivity index (χ4v) is 3.92. The summed E-state index contributed by atoms with van der Waals surface area (Å²) in [6.45, 7) is 4.90. The molecular weight excluding hydrogens is 464 g/mol. The zero-order valence-electron chi connectivity index (χ0n) is 19.5. The molecule has 0 saturated carbocycles. The first-order valence-corrected chi connectivity index (χ1v) is 11.7. The van der Waals surface area contributed by atoms with Crippen LogP contribution in [0.1, 0.15) is 47.7 Å². The van der Waals surface area contributed by atoms with Gasteiger partial charge in [-0.3, -0.25) is 0 Å². The van der Waals surface area contributed by atoms with Gasteiger partial charge in [-0.15, -0.1) is 0 Å². The van der Waals surface area contributed by atoms with Crippen LogP contribution in [0.5, 0.6) is 17.2 Å². The lowest BCUT2D eigenvalue weighted by molar-refractivity contribution is 0.0734. The molecule has 1 aliphatic heterocycles. The molecule has 0 aliphatic carbocycles. The molecule has 178 valence electrons. The molecule has 2 N–H and O–H groups in total. The second-order valence-corrected chi connectivity index (χ2v) is 9.06. The third kappa shape index (κ3) is 5.59. The minimum absolute atomic E-state index is 0.0114. The fraction of sp³-hybridized carbons (Fsp3) is 0.214. The smallest absolute Gasteiger partial charge is 0.343 e. The first-order chi connectivity index (χ1) is 16.9. The number of nitriles is 1. The summed E-state index contributed by atoms with van der Waals surface area (Å²) in [6, 6.07) is 21.3. The maximum Gasteiger partial charge on any atom is 0.343 e. The van der Waals surface area contributed by atoms with E-state index in [9.17, 15) is 10.1 Å². The number of carbonyl (C=O) groups is 1. The third-order valence-electron chi connectivity index (χ3n) is 5.64. The fourth-order valence-electron chi connectivity index (χ4n) is 3.79. The molecule has 7 heteroatoms. The van der Waals surface area contributed by atoms with E-state index in [0.29, 0.717) is 40.2 Å². The molecular formula is C28H25ClN2O4. The molecule has 3 aromatic carbocycles. The number of rotatable bonds is 7. The number of fused-ring (bicyclic) bond motifs is 1. The largest absolute Gasteiger partial charge is 0.494 e. The maximum atomic E-state index is 12.5. The number of esters is 1. The summed E-state index contributed by atoms with van der Waals surface area (Å²) >= 11 is 5.89. The summed E-state index contributed by atoms with van der Waals surface area (Å²) in [6.07, 6.45) is 0.943. The van der Waals surface area contributed by atoms with E-state index in [1.54, 1.807) is 42.5 Å². The zero-order valence-corrected chi connectivity index (χ0v) is 20.2. The van der Waals surface area contributed by atoms with Crippen molar-refractivity contribution in [2.45, 2.75) is 26.2 Å². The van der Waals surface area contributed by atoms with Gasteiger partial charge in [0.2, 0.25) is 5.88 Å². The predicted molar refractivity (Wildman–Crippen MR) is 134 cm³/mol. The van der Waals surface area contributed by atoms with E-state index in [4.69, 9.17) is 31.5 Å². The van der Waals surface area contributed by atoms with E-state index in [1.807, 2.05) is 24.3 Å². The molecule has 3 aromatic rings. The van der Waals surface area contributed by atoms with Crippen molar-refractivity contribution in [1.29, 1.82) is 5.26 Å². The lowest BCUT2D eigenvalue weighted by atomic mass is 9.83. The molecule has 0 radical (unpaired) electrons. The third-order valence-corrected chi connectivity index (χ3v) is 5.89. The molecule has 35 heavy (non-hydrogen) atoms. The number of allylic oxidation sites excluding steroid dienone is 1. The van der Waals surface area contributed by atoms with E-state index < -0.39 is 11.9 Å². The number of halogens is 1. The molecule has 0 saturated heterocycles. The van der Waals surface area contributed by atoms with E-state index in [0.717, 1.165) is 23.3 Å². The van der Waals surface area contributed by atoms with Gasteiger partial charge in [0.05, 0.1) is 18.1 Å². The highest BCUT2D eigenvalue weighted by Crippen LogP contribution is 2.44. The summed E-state index contributed by atoms with van der Waals surface area (Å²) < 4.78 is 17.2. The number of nitrogens with zero attached hydrogens (tertiary/aromatic N) is 1. The number of benzene rings is 3. The Hall–Kier alpha value is -3.95. The Labute approximate surface area is 209 Å². The second kappa shape index (κ2) is 10.5. The summed E-state index contributed by atoms with van der Waals surface area (Å²) in [5.41, 5.74) is 8.39. The topological polar surface area (TPSA) is 94.6 Å². The lowest BCUT2D eigenvalue weighted by Crippen LogP contribution is -2.21. The SMILES string of the molecule is CC(C)CCOc1cccc(C2C(C#N)=C(N)Oc3cc(OC(=O)c4ccc(Cl)cc4)ccc32)c1. The van der Waals surface area contributed by atoms with Gasteiger partial charge in [-0.2, -0.15) is 5.26 Å². The summed E-state index contributed by atoms with van der Waals surface area (Å²) in [5, 5.41) is 10.4. The summed E-state index contributed by atoms with van der Waals surface area (Å²) in [4.78, 5) is 12.5. The maximum absolute atomic E-state index is 12.5. The Morgan fingerprint density at radius 2 is 1.89 bits per heavy atom. The van der Waals surface area contributed by atoms with Gasteiger partial charge in [0.25, 0.3) is 0 Å². The van der Waals surface area contributed by atoms with Crippen LogP contribution >= 0.6 is 11.6 Å². The van der Waals surface area contributed by atoms with Gasteiger partial charge >= 0.3 is 5.97 Å². The van der Waals surface area contributed by atoms with Crippen LogP contribution in [0.15, 0.2) is 78.2 Å². The molecule has 4 rings (SSSR count). The van der Waals surface area contributed by atoms with Crippen LogP contribution < -0.4 is 19.9 Å². The van der Waals surface area contributed by atoms with Crippen molar-refractivity contribution in [2.75, 3.05) is 6.61 Å². The highest BCUT2D eigenvalue weighted by Gasteiger charge is 2.31. The summed E-state index contributed by atoms with van der Waals surface area (Å²) in [7, 11) is 0. The number of hydrogen-bond donors (Lipinski definition) is 1. The van der Waals surface area contributed by atoms with Crippen molar-refractivity contribution < 1.29 is 19.0 Å². The number of nitrogens with two attached hydrogens (primary N) is 1. The van der Waals surface area contributed by atoms with E-state index >= 15 is 0 Å². The first-order valence-electron chi connectivity index (χ1n) is 11.3. The monoisotopic (exact) mass is 488 g/mol. The van der Waals surface area contributed by atoms with Gasteiger partial charge in [0.1, 0.15) is 28.9 Å². The molecule has 1 unspecified atom stereocenters. The van der Waals surface area contributed by atoms with Gasteiger partial charge < -0.3 is 19.9 Å². The quantitative estimate of drug-likeness (QED) is 0.314. The molecule has 1 atom stereocenters. The molecule has 1 heterocycles. The van der Waals surface area contributed by atoms with Crippen LogP contribution in [-0.4, -0.2) is 12.6 Å². The van der Waals surface area contributed by atoms with E-state index in [1.165, 1.54) is 0 Å². The van der Waals surface area contributed by atoms with Crippen LogP contribution in [0.3, 0.4) is 0 Å². The lowest BCUT2D eigenvalue weighted by Gasteiger charge is -2.27. The van der Waals surface area contributed by atoms with Crippen molar-refractivity contribution in [3.8, 4) is 23.3 Å². The Bertz CT molecular complexity index is 1310. The van der Waals surface area contributed by atoms with Crippen LogP contribution in [0.25, 0.3) is 0 Å². The Morgan fingerprint density at radius 1 is 1.11 bits per heavy atom. The highest BCUT2D eigenvalue weighted by molar-refractivity contribution is 6.30. The van der Waals surface area contributed by atoms with Crippen LogP contribution in [0, 0.1) is 17.2 Å². The van der Waals surface area contributed by atoms with Crippen molar-refractivity contribution in [3.63, 3.8) is 0 Å². The molecule has 6 nitrogen and oxygen atoms in total. The van der Waals surface area contributed by atoms with Crippen LogP contribution in [0.4, 0.5) is 0 Å². The Balaban J connectivity index is 1.62. The van der Waals surface area contributed by atoms with Gasteiger partial charge in [-0.05, 0) is 60.4 Å². The first kappa shape index (κ1) is 24.2. The van der Waals surface area contributed by atoms with E-state index in [-0.39, 0.29) is 5.88 Å². The number of carbonyl (C=O) groups excluding carboxylic acids is 1. The molecule has 0 spiro atoms. The molecule has 0 fully saturated rings. The molecule has 1 aliphatic rings. The van der Waals surface area contributed by atoms with Crippen LogP contribution in [-0.2, 0) is 0 Å². The molecule has 0 amide bonds. The normalized spacial score (nSPS) is 14.7.